The van der Waals surface area contributed by atoms with Gasteiger partial charge < -0.3 is 0 Å². The van der Waals surface area contributed by atoms with Gasteiger partial charge in [0.05, 0.1) is 0 Å². The molecule has 0 aliphatic heterocycles. The van der Waals surface area contributed by atoms with Crippen LogP contribution in [-0.4, -0.2) is 16.3 Å². The van der Waals surface area contributed by atoms with Crippen molar-refractivity contribution in [3.05, 3.63) is 17.3 Å². The molecule has 0 unspecified atom stereocenters. The number of fused-ring (bicyclic) bond motifs is 1. The van der Waals surface area contributed by atoms with E-state index in [-0.39, 0.29) is 0 Å². The second kappa shape index (κ2) is 2.99. The number of rotatable bonds is 1. The molecule has 0 aromatic carbocycles. The number of hydrogen-bond acceptors (Lipinski definition) is 4. The lowest BCUT2D eigenvalue weighted by Crippen LogP contribution is -2.23. The van der Waals surface area contributed by atoms with E-state index in [0.717, 1.165) is 15.0 Å². The van der Waals surface area contributed by atoms with Crippen LogP contribution in [0.4, 0.5) is 0 Å². The van der Waals surface area contributed by atoms with E-state index < -0.39 is 0 Å². The van der Waals surface area contributed by atoms with Crippen LogP contribution in [0.2, 0.25) is 0 Å². The average Bonchev–Trinajstić information content (AvgIpc) is 2.43. The Morgan fingerprint density at radius 1 is 1.58 bits per heavy atom. The van der Waals surface area contributed by atoms with Crippen molar-refractivity contribution in [1.29, 1.82) is 0 Å². The second-order valence-electron chi connectivity index (χ2n) is 2.32. The SMILES string of the molecule is CSc1cc[n+]2nc(C)sc2n1. The molecule has 3 nitrogen and oxygen atoms in total. The molecule has 2 rings (SSSR count). The monoisotopic (exact) mass is 198 g/mol. The van der Waals surface area contributed by atoms with Gasteiger partial charge in [-0.3, -0.25) is 0 Å². The molecule has 12 heavy (non-hydrogen) atoms. The first-order valence-corrected chi connectivity index (χ1v) is 5.54. The molecule has 0 spiro atoms. The fraction of sp³-hybridized carbons (Fsp3) is 0.286. The van der Waals surface area contributed by atoms with Crippen LogP contribution < -0.4 is 4.52 Å². The van der Waals surface area contributed by atoms with Crippen molar-refractivity contribution in [3.63, 3.8) is 0 Å². The summed E-state index contributed by atoms with van der Waals surface area (Å²) in [5.41, 5.74) is 0. The Hall–Kier alpha value is -0.680. The van der Waals surface area contributed by atoms with Crippen molar-refractivity contribution < 1.29 is 4.52 Å². The number of thioether (sulfide) groups is 1. The van der Waals surface area contributed by atoms with Crippen molar-refractivity contribution in [2.75, 3.05) is 6.26 Å². The molecular formula is C7H8N3S2+. The molecule has 0 amide bonds. The fourth-order valence-corrected chi connectivity index (χ4v) is 2.11. The molecule has 62 valence electrons. The Labute approximate surface area is 78.5 Å². The van der Waals surface area contributed by atoms with Crippen LogP contribution in [0.3, 0.4) is 0 Å². The summed E-state index contributed by atoms with van der Waals surface area (Å²) in [6.07, 6.45) is 3.96. The molecule has 0 aliphatic rings. The van der Waals surface area contributed by atoms with Crippen molar-refractivity contribution >= 4 is 28.1 Å². The molecule has 0 saturated heterocycles. The molecule has 0 radical (unpaired) electrons. The van der Waals surface area contributed by atoms with Crippen LogP contribution in [0.25, 0.3) is 4.96 Å². The molecule has 2 heterocycles. The first-order chi connectivity index (χ1) is 5.79. The number of aromatic nitrogens is 3. The number of nitrogens with zero attached hydrogens (tertiary/aromatic N) is 3. The zero-order valence-corrected chi connectivity index (χ0v) is 8.45. The predicted octanol–water partition coefficient (Wildman–Crippen LogP) is 1.31. The molecule has 0 saturated carbocycles. The van der Waals surface area contributed by atoms with Crippen molar-refractivity contribution in [2.45, 2.75) is 11.9 Å². The topological polar surface area (TPSA) is 29.9 Å². The van der Waals surface area contributed by atoms with Crippen molar-refractivity contribution in [1.82, 2.24) is 10.1 Å². The van der Waals surface area contributed by atoms with E-state index in [1.807, 2.05) is 25.4 Å². The molecule has 2 aromatic heterocycles. The van der Waals surface area contributed by atoms with Gasteiger partial charge in [-0.15, -0.1) is 0 Å². The largest absolute Gasteiger partial charge is 0.410 e. The lowest BCUT2D eigenvalue weighted by molar-refractivity contribution is -0.579. The summed E-state index contributed by atoms with van der Waals surface area (Å²) < 4.78 is 1.81. The fourth-order valence-electron chi connectivity index (χ4n) is 0.945. The highest BCUT2D eigenvalue weighted by Gasteiger charge is 2.10. The van der Waals surface area contributed by atoms with Gasteiger partial charge in [0.15, 0.2) is 0 Å². The summed E-state index contributed by atoms with van der Waals surface area (Å²) >= 11 is 3.26. The summed E-state index contributed by atoms with van der Waals surface area (Å²) in [6.45, 7) is 1.98. The third-order valence-corrected chi connectivity index (χ3v) is 2.94. The van der Waals surface area contributed by atoms with Gasteiger partial charge >= 0.3 is 4.96 Å². The second-order valence-corrected chi connectivity index (χ2v) is 4.30. The van der Waals surface area contributed by atoms with E-state index in [2.05, 4.69) is 10.1 Å². The minimum atomic E-state index is 0.958. The van der Waals surface area contributed by atoms with E-state index in [1.165, 1.54) is 0 Å². The Morgan fingerprint density at radius 3 is 3.17 bits per heavy atom. The Kier molecular flexibility index (Phi) is 1.98. The molecule has 0 aliphatic carbocycles. The van der Waals surface area contributed by atoms with Gasteiger partial charge in [0.2, 0.25) is 5.03 Å². The van der Waals surface area contributed by atoms with Gasteiger partial charge in [-0.1, -0.05) is 21.4 Å². The minimum absolute atomic E-state index is 0.958. The van der Waals surface area contributed by atoms with Crippen LogP contribution in [0.1, 0.15) is 5.01 Å². The maximum absolute atomic E-state index is 4.40. The van der Waals surface area contributed by atoms with Crippen LogP contribution >= 0.6 is 23.1 Å². The molecule has 0 atom stereocenters. The summed E-state index contributed by atoms with van der Waals surface area (Å²) in [7, 11) is 0. The van der Waals surface area contributed by atoms with Gasteiger partial charge in [-0.25, -0.2) is 0 Å². The van der Waals surface area contributed by atoms with E-state index >= 15 is 0 Å². The number of aryl methyl sites for hydroxylation is 1. The van der Waals surface area contributed by atoms with Crippen LogP contribution in [0.15, 0.2) is 17.3 Å². The standard InChI is InChI=1S/C7H8N3S2/c1-5-9-10-4-3-6(11-2)8-7(10)12-5/h3-4H,1-2H3/q+1. The maximum atomic E-state index is 4.40. The molecule has 5 heteroatoms. The van der Waals surface area contributed by atoms with E-state index in [9.17, 15) is 0 Å². The van der Waals surface area contributed by atoms with Gasteiger partial charge in [-0.05, 0) is 29.5 Å². The Bertz CT molecular complexity index is 410. The minimum Gasteiger partial charge on any atom is -0.0909 e. The zero-order valence-electron chi connectivity index (χ0n) is 6.81. The van der Waals surface area contributed by atoms with Gasteiger partial charge in [0, 0.05) is 6.07 Å². The Morgan fingerprint density at radius 2 is 2.42 bits per heavy atom. The predicted molar refractivity (Wildman–Crippen MR) is 49.6 cm³/mol. The van der Waals surface area contributed by atoms with Gasteiger partial charge in [0.1, 0.15) is 11.2 Å². The quantitative estimate of drug-likeness (QED) is 0.393. The van der Waals surface area contributed by atoms with E-state index in [1.54, 1.807) is 27.6 Å². The average molecular weight is 198 g/mol. The molecule has 2 aromatic rings. The Balaban J connectivity index is 2.66. The summed E-state index contributed by atoms with van der Waals surface area (Å²) in [4.78, 5) is 5.35. The van der Waals surface area contributed by atoms with Gasteiger partial charge in [-0.2, -0.15) is 0 Å². The highest BCUT2D eigenvalue weighted by Crippen LogP contribution is 2.12. The molecular weight excluding hydrogens is 190 g/mol. The highest BCUT2D eigenvalue weighted by molar-refractivity contribution is 7.98. The van der Waals surface area contributed by atoms with Crippen molar-refractivity contribution in [3.8, 4) is 0 Å². The summed E-state index contributed by atoms with van der Waals surface area (Å²) in [6, 6.07) is 1.97. The summed E-state index contributed by atoms with van der Waals surface area (Å²) in [5.74, 6) is 0. The molecule has 0 fully saturated rings. The normalized spacial score (nSPS) is 10.8. The third kappa shape index (κ3) is 1.30. The highest BCUT2D eigenvalue weighted by atomic mass is 32.2. The van der Waals surface area contributed by atoms with Crippen molar-refractivity contribution in [2.24, 2.45) is 0 Å². The van der Waals surface area contributed by atoms with Crippen LogP contribution in [0.5, 0.6) is 0 Å². The molecule has 0 N–H and O–H groups in total. The summed E-state index contributed by atoms with van der Waals surface area (Å²) in [5, 5.41) is 6.33. The lowest BCUT2D eigenvalue weighted by Gasteiger charge is -1.83. The number of hydrogen-bond donors (Lipinski definition) is 0. The smallest absolute Gasteiger partial charge is 0.0909 e. The lowest BCUT2D eigenvalue weighted by atomic mass is 10.7. The van der Waals surface area contributed by atoms with Gasteiger partial charge in [0.25, 0.3) is 0 Å². The van der Waals surface area contributed by atoms with Crippen LogP contribution in [0, 0.1) is 6.92 Å². The maximum Gasteiger partial charge on any atom is 0.410 e. The first kappa shape index (κ1) is 7.94. The first-order valence-electron chi connectivity index (χ1n) is 3.50. The van der Waals surface area contributed by atoms with E-state index in [4.69, 9.17) is 0 Å². The third-order valence-electron chi connectivity index (χ3n) is 1.46. The molecule has 0 bridgehead atoms. The zero-order chi connectivity index (χ0) is 8.55. The van der Waals surface area contributed by atoms with Crippen LogP contribution in [-0.2, 0) is 0 Å². The van der Waals surface area contributed by atoms with E-state index in [0.29, 0.717) is 0 Å².